The van der Waals surface area contributed by atoms with Crippen molar-refractivity contribution in [2.75, 3.05) is 12.9 Å². The van der Waals surface area contributed by atoms with Crippen molar-refractivity contribution in [2.45, 2.75) is 24.7 Å². The number of nitrogens with one attached hydrogen (secondary N) is 1. The highest BCUT2D eigenvalue weighted by Crippen LogP contribution is 2.22. The molecule has 0 aliphatic carbocycles. The first-order chi connectivity index (χ1) is 15.1. The lowest BCUT2D eigenvalue weighted by atomic mass is 10.2. The van der Waals surface area contributed by atoms with E-state index >= 15 is 0 Å². The highest BCUT2D eigenvalue weighted by Gasteiger charge is 2.14. The number of fused-ring (bicyclic) bond motifs is 1. The van der Waals surface area contributed by atoms with Crippen LogP contribution in [0.2, 0.25) is 0 Å². The normalized spacial score (nSPS) is 11.0. The van der Waals surface area contributed by atoms with Crippen LogP contribution in [0.25, 0.3) is 10.2 Å². The van der Waals surface area contributed by atoms with Crippen molar-refractivity contribution in [3.63, 3.8) is 0 Å². The summed E-state index contributed by atoms with van der Waals surface area (Å²) in [5, 5.41) is 7.39. The number of amides is 1. The summed E-state index contributed by atoms with van der Waals surface area (Å²) in [6.45, 7) is 0.951. The van der Waals surface area contributed by atoms with Crippen molar-refractivity contribution in [1.29, 1.82) is 0 Å². The molecule has 0 saturated heterocycles. The van der Waals surface area contributed by atoms with E-state index in [1.165, 1.54) is 28.0 Å². The molecule has 3 aromatic heterocycles. The van der Waals surface area contributed by atoms with Gasteiger partial charge < -0.3 is 10.1 Å². The van der Waals surface area contributed by atoms with Gasteiger partial charge in [-0.1, -0.05) is 30.0 Å². The van der Waals surface area contributed by atoms with Gasteiger partial charge in [0.25, 0.3) is 5.56 Å². The van der Waals surface area contributed by atoms with Crippen LogP contribution in [-0.2, 0) is 24.3 Å². The topological polar surface area (TPSA) is 73.2 Å². The zero-order chi connectivity index (χ0) is 21.6. The molecular formula is C22H21N3O3S3. The third-order valence-electron chi connectivity index (χ3n) is 4.65. The van der Waals surface area contributed by atoms with Gasteiger partial charge in [-0.15, -0.1) is 22.7 Å². The standard InChI is InChI=1S/C22H21N3O3S3/c1-28-16-5-2-4-15(12-16)13-23-19(26)14-31-22-24-18-8-11-30-20(18)21(27)25(22)9-7-17-6-3-10-29-17/h2-6,8,10-12H,7,9,13-14H2,1H3,(H,23,26). The maximum Gasteiger partial charge on any atom is 0.272 e. The van der Waals surface area contributed by atoms with Gasteiger partial charge in [0.2, 0.25) is 5.91 Å². The van der Waals surface area contributed by atoms with E-state index in [-0.39, 0.29) is 17.2 Å². The molecule has 3 heterocycles. The van der Waals surface area contributed by atoms with E-state index in [4.69, 9.17) is 4.74 Å². The summed E-state index contributed by atoms with van der Waals surface area (Å²) < 4.78 is 7.56. The highest BCUT2D eigenvalue weighted by atomic mass is 32.2. The molecule has 0 spiro atoms. The van der Waals surface area contributed by atoms with E-state index < -0.39 is 0 Å². The lowest BCUT2D eigenvalue weighted by molar-refractivity contribution is -0.118. The Morgan fingerprint density at radius 2 is 2.10 bits per heavy atom. The Kier molecular flexibility index (Phi) is 7.06. The number of hydrogen-bond acceptors (Lipinski definition) is 7. The second-order valence-electron chi connectivity index (χ2n) is 6.73. The molecule has 31 heavy (non-hydrogen) atoms. The molecule has 0 unspecified atom stereocenters. The van der Waals surface area contributed by atoms with Crippen molar-refractivity contribution >= 4 is 50.6 Å². The van der Waals surface area contributed by atoms with Crippen LogP contribution in [0, 0.1) is 0 Å². The Labute approximate surface area is 191 Å². The van der Waals surface area contributed by atoms with Crippen molar-refractivity contribution < 1.29 is 9.53 Å². The monoisotopic (exact) mass is 471 g/mol. The second-order valence-corrected chi connectivity index (χ2v) is 9.62. The van der Waals surface area contributed by atoms with Gasteiger partial charge in [0, 0.05) is 18.0 Å². The van der Waals surface area contributed by atoms with Crippen LogP contribution < -0.4 is 15.6 Å². The van der Waals surface area contributed by atoms with Gasteiger partial charge in [0.05, 0.1) is 18.4 Å². The van der Waals surface area contributed by atoms with E-state index in [0.717, 1.165) is 17.7 Å². The first-order valence-electron chi connectivity index (χ1n) is 9.67. The fourth-order valence-electron chi connectivity index (χ4n) is 3.07. The third kappa shape index (κ3) is 5.36. The van der Waals surface area contributed by atoms with E-state index in [1.807, 2.05) is 47.2 Å². The molecular weight excluding hydrogens is 450 g/mol. The molecule has 0 fully saturated rings. The molecule has 0 radical (unpaired) electrons. The summed E-state index contributed by atoms with van der Waals surface area (Å²) in [6, 6.07) is 13.5. The van der Waals surface area contributed by atoms with Crippen LogP contribution in [0.3, 0.4) is 0 Å². The second kappa shape index (κ2) is 10.1. The number of thioether (sulfide) groups is 1. The number of rotatable bonds is 9. The molecule has 1 aromatic carbocycles. The Balaban J connectivity index is 1.44. The molecule has 0 saturated carbocycles. The fraction of sp³-hybridized carbons (Fsp3) is 0.227. The molecule has 0 bridgehead atoms. The first kappa shape index (κ1) is 21.6. The number of methoxy groups -OCH3 is 1. The van der Waals surface area contributed by atoms with E-state index in [1.54, 1.807) is 23.0 Å². The molecule has 6 nitrogen and oxygen atoms in total. The number of aryl methyl sites for hydroxylation is 1. The third-order valence-corrected chi connectivity index (χ3v) is 7.45. The SMILES string of the molecule is COc1cccc(CNC(=O)CSc2nc3ccsc3c(=O)n2CCc2cccs2)c1. The maximum atomic E-state index is 13.0. The lowest BCUT2D eigenvalue weighted by Crippen LogP contribution is -2.27. The zero-order valence-corrected chi connectivity index (χ0v) is 19.3. The highest BCUT2D eigenvalue weighted by molar-refractivity contribution is 7.99. The Morgan fingerprint density at radius 3 is 2.90 bits per heavy atom. The molecule has 0 aliphatic heterocycles. The molecule has 0 atom stereocenters. The number of thiophene rings is 2. The van der Waals surface area contributed by atoms with Gasteiger partial charge in [0.1, 0.15) is 10.4 Å². The van der Waals surface area contributed by atoms with Gasteiger partial charge in [-0.25, -0.2) is 4.98 Å². The van der Waals surface area contributed by atoms with Crippen molar-refractivity contribution in [1.82, 2.24) is 14.9 Å². The van der Waals surface area contributed by atoms with E-state index in [0.29, 0.717) is 28.5 Å². The van der Waals surface area contributed by atoms with Gasteiger partial charge in [-0.3, -0.25) is 14.2 Å². The van der Waals surface area contributed by atoms with Crippen molar-refractivity contribution in [2.24, 2.45) is 0 Å². The predicted octanol–water partition coefficient (Wildman–Crippen LogP) is 4.18. The lowest BCUT2D eigenvalue weighted by Gasteiger charge is -2.12. The van der Waals surface area contributed by atoms with Gasteiger partial charge >= 0.3 is 0 Å². The molecule has 4 rings (SSSR count). The molecule has 9 heteroatoms. The number of ether oxygens (including phenoxy) is 1. The number of carbonyl (C=O) groups is 1. The fourth-order valence-corrected chi connectivity index (χ4v) is 5.40. The summed E-state index contributed by atoms with van der Waals surface area (Å²) in [6.07, 6.45) is 0.756. The Morgan fingerprint density at radius 1 is 1.19 bits per heavy atom. The molecule has 1 amide bonds. The van der Waals surface area contributed by atoms with Crippen LogP contribution in [0.1, 0.15) is 10.4 Å². The van der Waals surface area contributed by atoms with Crippen LogP contribution in [-0.4, -0.2) is 28.3 Å². The zero-order valence-electron chi connectivity index (χ0n) is 16.9. The van der Waals surface area contributed by atoms with E-state index in [9.17, 15) is 9.59 Å². The minimum atomic E-state index is -0.114. The van der Waals surface area contributed by atoms with Crippen LogP contribution >= 0.6 is 34.4 Å². The quantitative estimate of drug-likeness (QED) is 0.293. The number of aromatic nitrogens is 2. The molecule has 4 aromatic rings. The van der Waals surface area contributed by atoms with Crippen LogP contribution in [0.15, 0.2) is 63.2 Å². The first-order valence-corrected chi connectivity index (χ1v) is 12.4. The predicted molar refractivity (Wildman–Crippen MR) is 127 cm³/mol. The number of nitrogens with zero attached hydrogens (tertiary/aromatic N) is 2. The number of benzene rings is 1. The van der Waals surface area contributed by atoms with E-state index in [2.05, 4.69) is 16.4 Å². The smallest absolute Gasteiger partial charge is 0.272 e. The Hall–Kier alpha value is -2.62. The maximum absolute atomic E-state index is 13.0. The van der Waals surface area contributed by atoms with Crippen molar-refractivity contribution in [3.8, 4) is 5.75 Å². The summed E-state index contributed by atoms with van der Waals surface area (Å²) in [7, 11) is 1.61. The van der Waals surface area contributed by atoms with Crippen LogP contribution in [0.4, 0.5) is 0 Å². The average molecular weight is 472 g/mol. The van der Waals surface area contributed by atoms with Crippen LogP contribution in [0.5, 0.6) is 5.75 Å². The largest absolute Gasteiger partial charge is 0.497 e. The summed E-state index contributed by atoms with van der Waals surface area (Å²) in [5.74, 6) is 0.826. The van der Waals surface area contributed by atoms with Gasteiger partial charge in [-0.2, -0.15) is 0 Å². The number of hydrogen-bond donors (Lipinski definition) is 1. The van der Waals surface area contributed by atoms with Crippen molar-refractivity contribution in [3.05, 3.63) is 74.0 Å². The molecule has 1 N–H and O–H groups in total. The summed E-state index contributed by atoms with van der Waals surface area (Å²) >= 11 is 4.36. The average Bonchev–Trinajstić information content (AvgIpc) is 3.48. The number of carbonyl (C=O) groups excluding carboxylic acids is 1. The van der Waals surface area contributed by atoms with Gasteiger partial charge in [0.15, 0.2) is 5.16 Å². The molecule has 160 valence electrons. The summed E-state index contributed by atoms with van der Waals surface area (Å²) in [4.78, 5) is 31.3. The Bertz CT molecular complexity index is 1230. The summed E-state index contributed by atoms with van der Waals surface area (Å²) in [5.41, 5.74) is 1.60. The minimum absolute atomic E-state index is 0.0455. The molecule has 0 aliphatic rings. The minimum Gasteiger partial charge on any atom is -0.497 e. The van der Waals surface area contributed by atoms with Gasteiger partial charge in [-0.05, 0) is 47.0 Å².